The molecule has 0 saturated carbocycles. The second-order valence-electron chi connectivity index (χ2n) is 5.94. The van der Waals surface area contributed by atoms with Crippen molar-refractivity contribution in [2.75, 3.05) is 12.4 Å². The molecular formula is C17H16F3N5OS. The molecule has 0 unspecified atom stereocenters. The van der Waals surface area contributed by atoms with Crippen molar-refractivity contribution in [3.8, 4) is 17.3 Å². The first-order valence-corrected chi connectivity index (χ1v) is 8.73. The van der Waals surface area contributed by atoms with Gasteiger partial charge in [0, 0.05) is 30.0 Å². The number of hydrogen-bond acceptors (Lipinski definition) is 7. The zero-order valence-corrected chi connectivity index (χ0v) is 15.5. The standard InChI is InChI=1S/C17H16F3N5OS/c1-9(2)11-8-22-14(7-12(11)17(18,19)20)23-16-24-15(25-27-16)13-6-10(26-3)4-5-21-13/h4-9H,1-3H3,(H,22,23,24,25). The highest BCUT2D eigenvalue weighted by molar-refractivity contribution is 7.09. The Morgan fingerprint density at radius 2 is 1.96 bits per heavy atom. The van der Waals surface area contributed by atoms with Crippen LogP contribution in [-0.2, 0) is 6.18 Å². The Morgan fingerprint density at radius 1 is 1.19 bits per heavy atom. The normalized spacial score (nSPS) is 11.7. The first-order chi connectivity index (χ1) is 12.8. The zero-order chi connectivity index (χ0) is 19.6. The number of methoxy groups -OCH3 is 1. The Bertz CT molecular complexity index is 942. The third-order valence-electron chi connectivity index (χ3n) is 3.72. The van der Waals surface area contributed by atoms with E-state index in [1.54, 1.807) is 32.2 Å². The van der Waals surface area contributed by atoms with Gasteiger partial charge in [-0.25, -0.2) is 4.98 Å². The van der Waals surface area contributed by atoms with E-state index in [-0.39, 0.29) is 17.3 Å². The molecule has 0 spiro atoms. The highest BCUT2D eigenvalue weighted by Crippen LogP contribution is 2.36. The van der Waals surface area contributed by atoms with E-state index in [1.165, 1.54) is 13.3 Å². The molecule has 0 saturated heterocycles. The van der Waals surface area contributed by atoms with Crippen LogP contribution in [0.5, 0.6) is 5.75 Å². The number of hydrogen-bond donors (Lipinski definition) is 1. The molecule has 0 fully saturated rings. The molecule has 6 nitrogen and oxygen atoms in total. The number of ether oxygens (including phenoxy) is 1. The highest BCUT2D eigenvalue weighted by atomic mass is 32.1. The van der Waals surface area contributed by atoms with Gasteiger partial charge in [0.05, 0.1) is 12.7 Å². The molecule has 3 rings (SSSR count). The van der Waals surface area contributed by atoms with Gasteiger partial charge in [-0.1, -0.05) is 13.8 Å². The first kappa shape index (κ1) is 19.0. The summed E-state index contributed by atoms with van der Waals surface area (Å²) in [7, 11) is 1.53. The highest BCUT2D eigenvalue weighted by Gasteiger charge is 2.34. The van der Waals surface area contributed by atoms with Crippen molar-refractivity contribution in [2.24, 2.45) is 0 Å². The number of aromatic nitrogens is 4. The molecular weight excluding hydrogens is 379 g/mol. The van der Waals surface area contributed by atoms with Crippen LogP contribution in [0, 0.1) is 0 Å². The summed E-state index contributed by atoms with van der Waals surface area (Å²) in [5.41, 5.74) is -0.0708. The van der Waals surface area contributed by atoms with E-state index in [9.17, 15) is 13.2 Å². The fraction of sp³-hybridized carbons (Fsp3) is 0.294. The quantitative estimate of drug-likeness (QED) is 0.663. The summed E-state index contributed by atoms with van der Waals surface area (Å²) < 4.78 is 49.3. The van der Waals surface area contributed by atoms with Gasteiger partial charge in [0.15, 0.2) is 5.82 Å². The van der Waals surface area contributed by atoms with Crippen LogP contribution in [0.15, 0.2) is 30.6 Å². The Labute approximate surface area is 157 Å². The van der Waals surface area contributed by atoms with Crippen LogP contribution in [0.2, 0.25) is 0 Å². The largest absolute Gasteiger partial charge is 0.497 e. The number of alkyl halides is 3. The molecule has 0 aromatic carbocycles. The van der Waals surface area contributed by atoms with Crippen molar-refractivity contribution < 1.29 is 17.9 Å². The van der Waals surface area contributed by atoms with Crippen LogP contribution in [0.3, 0.4) is 0 Å². The number of pyridine rings is 2. The molecule has 0 aliphatic rings. The van der Waals surface area contributed by atoms with Gasteiger partial charge in [-0.2, -0.15) is 22.5 Å². The molecule has 0 atom stereocenters. The molecule has 3 heterocycles. The maximum absolute atomic E-state index is 13.3. The molecule has 1 N–H and O–H groups in total. The van der Waals surface area contributed by atoms with Crippen molar-refractivity contribution >= 4 is 22.5 Å². The summed E-state index contributed by atoms with van der Waals surface area (Å²) in [4.78, 5) is 12.5. The van der Waals surface area contributed by atoms with Crippen molar-refractivity contribution in [3.05, 3.63) is 41.7 Å². The number of nitrogens with one attached hydrogen (secondary N) is 1. The average molecular weight is 395 g/mol. The minimum Gasteiger partial charge on any atom is -0.497 e. The fourth-order valence-electron chi connectivity index (χ4n) is 2.39. The van der Waals surface area contributed by atoms with E-state index >= 15 is 0 Å². The van der Waals surface area contributed by atoms with E-state index in [2.05, 4.69) is 24.6 Å². The molecule has 0 radical (unpaired) electrons. The van der Waals surface area contributed by atoms with Gasteiger partial charge >= 0.3 is 6.18 Å². The van der Waals surface area contributed by atoms with Gasteiger partial charge in [0.25, 0.3) is 0 Å². The van der Waals surface area contributed by atoms with Crippen molar-refractivity contribution in [3.63, 3.8) is 0 Å². The topological polar surface area (TPSA) is 72.8 Å². The molecule has 0 bridgehead atoms. The van der Waals surface area contributed by atoms with Crippen molar-refractivity contribution in [1.29, 1.82) is 0 Å². The van der Waals surface area contributed by atoms with Crippen LogP contribution in [0.4, 0.5) is 24.1 Å². The predicted molar refractivity (Wildman–Crippen MR) is 96.3 cm³/mol. The van der Waals surface area contributed by atoms with Gasteiger partial charge in [0.1, 0.15) is 17.3 Å². The van der Waals surface area contributed by atoms with E-state index in [4.69, 9.17) is 4.74 Å². The number of anilines is 2. The maximum Gasteiger partial charge on any atom is 0.416 e. The van der Waals surface area contributed by atoms with Crippen LogP contribution in [0.1, 0.15) is 30.9 Å². The minimum absolute atomic E-state index is 0.0491. The van der Waals surface area contributed by atoms with Crippen LogP contribution < -0.4 is 10.1 Å². The van der Waals surface area contributed by atoms with E-state index in [1.807, 2.05) is 0 Å². The van der Waals surface area contributed by atoms with Crippen LogP contribution in [-0.4, -0.2) is 26.4 Å². The van der Waals surface area contributed by atoms with E-state index in [0.717, 1.165) is 17.6 Å². The second kappa shape index (κ2) is 7.47. The van der Waals surface area contributed by atoms with Crippen molar-refractivity contribution in [2.45, 2.75) is 25.9 Å². The van der Waals surface area contributed by atoms with Gasteiger partial charge in [-0.15, -0.1) is 0 Å². The zero-order valence-electron chi connectivity index (χ0n) is 14.7. The Morgan fingerprint density at radius 3 is 2.63 bits per heavy atom. The van der Waals surface area contributed by atoms with Crippen LogP contribution >= 0.6 is 11.5 Å². The summed E-state index contributed by atoms with van der Waals surface area (Å²) in [5, 5.41) is 3.09. The lowest BCUT2D eigenvalue weighted by atomic mass is 9.99. The third kappa shape index (κ3) is 4.33. The molecule has 0 aliphatic heterocycles. The van der Waals surface area contributed by atoms with Crippen LogP contribution in [0.25, 0.3) is 11.5 Å². The summed E-state index contributed by atoms with van der Waals surface area (Å²) in [6, 6.07) is 4.34. The molecule has 3 aromatic rings. The lowest BCUT2D eigenvalue weighted by Gasteiger charge is -2.16. The van der Waals surface area contributed by atoms with E-state index in [0.29, 0.717) is 22.4 Å². The minimum atomic E-state index is -4.46. The average Bonchev–Trinajstić information content (AvgIpc) is 3.09. The maximum atomic E-state index is 13.3. The summed E-state index contributed by atoms with van der Waals surface area (Å²) in [6.07, 6.45) is -1.67. The van der Waals surface area contributed by atoms with Crippen molar-refractivity contribution in [1.82, 2.24) is 19.3 Å². The molecule has 10 heteroatoms. The van der Waals surface area contributed by atoms with E-state index < -0.39 is 11.7 Å². The Hall–Kier alpha value is -2.75. The smallest absolute Gasteiger partial charge is 0.416 e. The monoisotopic (exact) mass is 395 g/mol. The second-order valence-corrected chi connectivity index (χ2v) is 6.69. The van der Waals surface area contributed by atoms with Gasteiger partial charge < -0.3 is 10.1 Å². The van der Waals surface area contributed by atoms with Gasteiger partial charge in [-0.3, -0.25) is 4.98 Å². The fourth-order valence-corrected chi connectivity index (χ4v) is 2.97. The number of halogens is 3. The third-order valence-corrected chi connectivity index (χ3v) is 4.35. The molecule has 27 heavy (non-hydrogen) atoms. The molecule has 0 amide bonds. The first-order valence-electron chi connectivity index (χ1n) is 7.96. The molecule has 142 valence electrons. The van der Waals surface area contributed by atoms with Gasteiger partial charge in [-0.05, 0) is 23.6 Å². The Balaban J connectivity index is 1.87. The summed E-state index contributed by atoms with van der Waals surface area (Å²) >= 11 is 1.00. The predicted octanol–water partition coefficient (Wildman–Crippen LogP) is 4.89. The molecule has 3 aromatic heterocycles. The van der Waals surface area contributed by atoms with Gasteiger partial charge in [0.2, 0.25) is 5.13 Å². The number of nitrogens with zero attached hydrogens (tertiary/aromatic N) is 4. The molecule has 0 aliphatic carbocycles. The Kier molecular flexibility index (Phi) is 5.26. The SMILES string of the molecule is COc1ccnc(-c2nsc(Nc3cc(C(F)(F)F)c(C(C)C)cn3)n2)c1. The number of rotatable bonds is 5. The lowest BCUT2D eigenvalue weighted by molar-refractivity contribution is -0.138. The lowest BCUT2D eigenvalue weighted by Crippen LogP contribution is -2.11. The summed E-state index contributed by atoms with van der Waals surface area (Å²) in [5.74, 6) is 0.699. The summed E-state index contributed by atoms with van der Waals surface area (Å²) in [6.45, 7) is 3.38.